The summed E-state index contributed by atoms with van der Waals surface area (Å²) in [5.74, 6) is -1.30. The third kappa shape index (κ3) is 3.39. The van der Waals surface area contributed by atoms with Crippen molar-refractivity contribution in [2.24, 2.45) is 0 Å². The number of rotatable bonds is 4. The molecule has 4 nitrogen and oxygen atoms in total. The molecule has 110 valence electrons. The van der Waals surface area contributed by atoms with Gasteiger partial charge in [-0.1, -0.05) is 0 Å². The number of aromatic carboxylic acids is 1. The van der Waals surface area contributed by atoms with Crippen molar-refractivity contribution in [3.63, 3.8) is 0 Å². The maximum Gasteiger partial charge on any atom is 0.337 e. The second kappa shape index (κ2) is 7.13. The van der Waals surface area contributed by atoms with Crippen LogP contribution < -0.4 is 0 Å². The summed E-state index contributed by atoms with van der Waals surface area (Å²) in [5.41, 5.74) is 2.03. The molecule has 0 bridgehead atoms. The smallest absolute Gasteiger partial charge is 0.337 e. The van der Waals surface area contributed by atoms with Gasteiger partial charge in [0, 0.05) is 28.0 Å². The maximum absolute atomic E-state index is 11.9. The number of aromatic nitrogens is 1. The van der Waals surface area contributed by atoms with E-state index in [1.165, 1.54) is 0 Å². The van der Waals surface area contributed by atoms with E-state index in [0.717, 1.165) is 3.57 Å². The number of aromatic amines is 1. The lowest BCUT2D eigenvalue weighted by Crippen LogP contribution is -2.08. The van der Waals surface area contributed by atoms with Crippen LogP contribution in [0.15, 0.2) is 18.3 Å². The Kier molecular flexibility index (Phi) is 5.93. The Bertz CT molecular complexity index is 743. The number of ketones is 1. The molecule has 1 heterocycles. The first-order chi connectivity index (χ1) is 9.88. The number of benzene rings is 1. The number of alkyl halides is 1. The quantitative estimate of drug-likeness (QED) is 0.291. The van der Waals surface area contributed by atoms with E-state index in [1.807, 2.05) is 45.2 Å². The SMILES string of the molecule is O=C(CCl)c1cc[nH]c1-c1c(I)cc(I)c(C(=O)O)c1I. The van der Waals surface area contributed by atoms with Crippen molar-refractivity contribution < 1.29 is 14.7 Å². The number of carbonyl (C=O) groups excluding carboxylic acids is 1. The highest BCUT2D eigenvalue weighted by Gasteiger charge is 2.23. The highest BCUT2D eigenvalue weighted by Crippen LogP contribution is 2.36. The van der Waals surface area contributed by atoms with Crippen molar-refractivity contribution in [3.8, 4) is 11.3 Å². The van der Waals surface area contributed by atoms with Gasteiger partial charge in [0.05, 0.1) is 17.1 Å². The maximum atomic E-state index is 11.9. The molecule has 0 spiro atoms. The number of halogens is 4. The second-order valence-electron chi connectivity index (χ2n) is 4.03. The van der Waals surface area contributed by atoms with Crippen LogP contribution >= 0.6 is 79.4 Å². The summed E-state index contributed by atoms with van der Waals surface area (Å²) in [6.45, 7) is 0. The minimum atomic E-state index is -0.988. The predicted molar refractivity (Wildman–Crippen MR) is 106 cm³/mol. The molecule has 0 saturated heterocycles. The lowest BCUT2D eigenvalue weighted by atomic mass is 10.0. The molecular formula is C13H7ClI3NO3. The zero-order valence-corrected chi connectivity index (χ0v) is 17.4. The Morgan fingerprint density at radius 1 is 1.24 bits per heavy atom. The van der Waals surface area contributed by atoms with Gasteiger partial charge in [0.1, 0.15) is 0 Å². The van der Waals surface area contributed by atoms with Gasteiger partial charge >= 0.3 is 5.97 Å². The fourth-order valence-corrected chi connectivity index (χ4v) is 6.41. The number of carbonyl (C=O) groups is 2. The average molecular weight is 641 g/mol. The van der Waals surface area contributed by atoms with Crippen LogP contribution in [0.4, 0.5) is 0 Å². The van der Waals surface area contributed by atoms with E-state index in [4.69, 9.17) is 11.6 Å². The van der Waals surface area contributed by atoms with E-state index in [9.17, 15) is 14.7 Å². The molecule has 8 heteroatoms. The topological polar surface area (TPSA) is 70.2 Å². The number of carboxylic acid groups (broad SMARTS) is 1. The summed E-state index contributed by atoms with van der Waals surface area (Å²) in [6.07, 6.45) is 1.65. The van der Waals surface area contributed by atoms with E-state index in [-0.39, 0.29) is 17.2 Å². The van der Waals surface area contributed by atoms with Gasteiger partial charge in [-0.3, -0.25) is 4.79 Å². The molecule has 0 unspecified atom stereocenters. The van der Waals surface area contributed by atoms with E-state index in [1.54, 1.807) is 18.3 Å². The molecule has 21 heavy (non-hydrogen) atoms. The number of H-pyrrole nitrogens is 1. The molecule has 1 aromatic carbocycles. The monoisotopic (exact) mass is 641 g/mol. The van der Waals surface area contributed by atoms with E-state index in [0.29, 0.717) is 24.0 Å². The highest BCUT2D eigenvalue weighted by molar-refractivity contribution is 14.1. The third-order valence-corrected chi connectivity index (χ3v) is 5.83. The van der Waals surface area contributed by atoms with Gasteiger partial charge in [0.15, 0.2) is 5.78 Å². The first-order valence-corrected chi connectivity index (χ1v) is 9.33. The molecule has 0 saturated carbocycles. The zero-order chi connectivity index (χ0) is 15.7. The Hall–Kier alpha value is 0.120. The summed E-state index contributed by atoms with van der Waals surface area (Å²) in [6, 6.07) is 3.45. The van der Waals surface area contributed by atoms with Gasteiger partial charge in [0.25, 0.3) is 0 Å². The molecule has 2 N–H and O–H groups in total. The first kappa shape index (κ1) is 17.5. The Morgan fingerprint density at radius 2 is 1.90 bits per heavy atom. The van der Waals surface area contributed by atoms with Gasteiger partial charge in [-0.05, 0) is 79.9 Å². The minimum absolute atomic E-state index is 0.117. The predicted octanol–water partition coefficient (Wildman–Crippen LogP) is 4.62. The average Bonchev–Trinajstić information content (AvgIpc) is 2.85. The number of nitrogens with one attached hydrogen (secondary N) is 1. The Labute approximate surface area is 166 Å². The molecule has 0 radical (unpaired) electrons. The Balaban J connectivity index is 2.76. The summed E-state index contributed by atoms with van der Waals surface area (Å²) in [4.78, 5) is 26.4. The molecule has 0 aliphatic carbocycles. The number of Topliss-reactive ketones (excluding diaryl/α,β-unsaturated/α-hetero) is 1. The molecule has 2 aromatic rings. The third-order valence-electron chi connectivity index (χ3n) is 2.80. The lowest BCUT2D eigenvalue weighted by molar-refractivity contribution is 0.0694. The van der Waals surface area contributed by atoms with E-state index < -0.39 is 5.97 Å². The standard InChI is InChI=1S/C13H7ClI3NO3/c14-4-8(19)5-1-2-18-12(5)9-6(15)3-7(16)10(11(9)17)13(20)21/h1-3,18H,4H2,(H,20,21). The normalized spacial score (nSPS) is 10.7. The van der Waals surface area contributed by atoms with Crippen LogP contribution in [0.5, 0.6) is 0 Å². The zero-order valence-electron chi connectivity index (χ0n) is 10.2. The van der Waals surface area contributed by atoms with Crippen LogP contribution in [-0.4, -0.2) is 27.7 Å². The van der Waals surface area contributed by atoms with Crippen molar-refractivity contribution in [1.29, 1.82) is 0 Å². The minimum Gasteiger partial charge on any atom is -0.478 e. The largest absolute Gasteiger partial charge is 0.478 e. The second-order valence-corrected chi connectivity index (χ2v) is 7.70. The lowest BCUT2D eigenvalue weighted by Gasteiger charge is -2.12. The summed E-state index contributed by atoms with van der Waals surface area (Å²) in [7, 11) is 0. The van der Waals surface area contributed by atoms with Crippen molar-refractivity contribution in [1.82, 2.24) is 4.98 Å². The van der Waals surface area contributed by atoms with Crippen LogP contribution in [0.1, 0.15) is 20.7 Å². The highest BCUT2D eigenvalue weighted by atomic mass is 127. The number of hydrogen-bond donors (Lipinski definition) is 2. The van der Waals surface area contributed by atoms with Crippen LogP contribution in [0, 0.1) is 10.7 Å². The van der Waals surface area contributed by atoms with Crippen LogP contribution in [0.25, 0.3) is 11.3 Å². The van der Waals surface area contributed by atoms with Crippen molar-refractivity contribution in [2.75, 3.05) is 5.88 Å². The van der Waals surface area contributed by atoms with Gasteiger partial charge in [0.2, 0.25) is 0 Å². The van der Waals surface area contributed by atoms with Crippen molar-refractivity contribution in [3.05, 3.63) is 40.2 Å². The van der Waals surface area contributed by atoms with E-state index in [2.05, 4.69) is 27.6 Å². The van der Waals surface area contributed by atoms with Gasteiger partial charge in [-0.15, -0.1) is 11.6 Å². The molecule has 0 fully saturated rings. The summed E-state index contributed by atoms with van der Waals surface area (Å²) < 4.78 is 2.13. The fraction of sp³-hybridized carbons (Fsp3) is 0.0769. The molecular weight excluding hydrogens is 634 g/mol. The van der Waals surface area contributed by atoms with Crippen molar-refractivity contribution >= 4 is 91.1 Å². The van der Waals surface area contributed by atoms with Crippen LogP contribution in [0.2, 0.25) is 0 Å². The summed E-state index contributed by atoms with van der Waals surface area (Å²) in [5, 5.41) is 9.37. The fourth-order valence-electron chi connectivity index (χ4n) is 1.90. The van der Waals surface area contributed by atoms with Crippen molar-refractivity contribution in [2.45, 2.75) is 0 Å². The molecule has 0 atom stereocenters. The Morgan fingerprint density at radius 3 is 2.48 bits per heavy atom. The van der Waals surface area contributed by atoms with Crippen LogP contribution in [-0.2, 0) is 0 Å². The molecule has 2 rings (SSSR count). The van der Waals surface area contributed by atoms with Gasteiger partial charge in [-0.25, -0.2) is 4.79 Å². The van der Waals surface area contributed by atoms with Gasteiger partial charge in [-0.2, -0.15) is 0 Å². The molecule has 0 aliphatic rings. The van der Waals surface area contributed by atoms with Crippen LogP contribution in [0.3, 0.4) is 0 Å². The first-order valence-electron chi connectivity index (χ1n) is 5.56. The number of carboxylic acids is 1. The molecule has 0 aliphatic heterocycles. The van der Waals surface area contributed by atoms with Gasteiger partial charge < -0.3 is 10.1 Å². The number of hydrogen-bond acceptors (Lipinski definition) is 2. The van der Waals surface area contributed by atoms with E-state index >= 15 is 0 Å². The molecule has 1 aromatic heterocycles. The molecule has 0 amide bonds. The summed E-state index contributed by atoms with van der Waals surface area (Å²) >= 11 is 11.8.